The van der Waals surface area contributed by atoms with E-state index in [4.69, 9.17) is 4.74 Å². The highest BCUT2D eigenvalue weighted by Gasteiger charge is 2.25. The fourth-order valence-electron chi connectivity index (χ4n) is 3.61. The molecule has 2 aromatic rings. The Labute approximate surface area is 181 Å². The van der Waals surface area contributed by atoms with Gasteiger partial charge in [-0.15, -0.1) is 0 Å². The van der Waals surface area contributed by atoms with E-state index < -0.39 is 11.8 Å². The molecule has 3 rings (SSSR count). The van der Waals surface area contributed by atoms with Crippen molar-refractivity contribution >= 4 is 23.5 Å². The number of carbonyl (C=O) groups is 2. The quantitative estimate of drug-likeness (QED) is 0.754. The zero-order valence-corrected chi connectivity index (χ0v) is 18.0. The molecule has 1 saturated heterocycles. The number of rotatable bonds is 5. The third-order valence-corrected chi connectivity index (χ3v) is 5.42. The van der Waals surface area contributed by atoms with E-state index in [1.807, 2.05) is 6.92 Å². The number of pyridine rings is 1. The summed E-state index contributed by atoms with van der Waals surface area (Å²) >= 11 is 0. The molecule has 1 aliphatic heterocycles. The van der Waals surface area contributed by atoms with Crippen molar-refractivity contribution in [1.29, 1.82) is 0 Å². The molecule has 0 radical (unpaired) electrons. The number of hydrogen-bond acceptors (Lipinski definition) is 5. The van der Waals surface area contributed by atoms with Crippen molar-refractivity contribution in [3.8, 4) is 0 Å². The first kappa shape index (κ1) is 22.5. The topological polar surface area (TPSA) is 86.8 Å². The van der Waals surface area contributed by atoms with Gasteiger partial charge in [0.25, 0.3) is 0 Å². The second-order valence-corrected chi connectivity index (χ2v) is 7.67. The first-order valence-corrected chi connectivity index (χ1v) is 10.2. The molecule has 3 amide bonds. The van der Waals surface area contributed by atoms with E-state index >= 15 is 0 Å². The zero-order chi connectivity index (χ0) is 22.4. The number of ether oxygens (including phenoxy) is 1. The Morgan fingerprint density at radius 3 is 2.61 bits per heavy atom. The number of likely N-dealkylation sites (tertiary alicyclic amines) is 1. The van der Waals surface area contributed by atoms with E-state index in [0.717, 1.165) is 37.2 Å². The second-order valence-electron chi connectivity index (χ2n) is 7.67. The van der Waals surface area contributed by atoms with Crippen molar-refractivity contribution in [2.45, 2.75) is 32.4 Å². The fraction of sp³-hybridized carbons (Fsp3) is 0.409. The van der Waals surface area contributed by atoms with Gasteiger partial charge in [-0.05, 0) is 49.6 Å². The number of anilines is 2. The van der Waals surface area contributed by atoms with Crippen LogP contribution in [0.15, 0.2) is 36.5 Å². The summed E-state index contributed by atoms with van der Waals surface area (Å²) in [7, 11) is 3.13. The van der Waals surface area contributed by atoms with Crippen molar-refractivity contribution < 1.29 is 18.7 Å². The molecule has 2 heterocycles. The minimum Gasteiger partial charge on any atom is -0.453 e. The lowest BCUT2D eigenvalue weighted by Crippen LogP contribution is -2.45. The molecule has 1 aromatic carbocycles. The number of piperidine rings is 1. The fourth-order valence-corrected chi connectivity index (χ4v) is 3.61. The highest BCUT2D eigenvalue weighted by Crippen LogP contribution is 2.21. The molecule has 1 aromatic heterocycles. The number of aromatic nitrogens is 1. The van der Waals surface area contributed by atoms with Gasteiger partial charge in [-0.25, -0.2) is 14.0 Å². The van der Waals surface area contributed by atoms with Crippen molar-refractivity contribution in [3.05, 3.63) is 53.6 Å². The van der Waals surface area contributed by atoms with Crippen LogP contribution < -0.4 is 10.6 Å². The molecule has 1 aliphatic rings. The maximum absolute atomic E-state index is 14.2. The normalized spacial score (nSPS) is 14.7. The Morgan fingerprint density at radius 2 is 1.97 bits per heavy atom. The maximum atomic E-state index is 14.2. The van der Waals surface area contributed by atoms with Gasteiger partial charge >= 0.3 is 12.1 Å². The molecule has 166 valence electrons. The number of halogens is 1. The molecule has 0 bridgehead atoms. The van der Waals surface area contributed by atoms with E-state index in [9.17, 15) is 14.0 Å². The van der Waals surface area contributed by atoms with Crippen LogP contribution in [0.5, 0.6) is 0 Å². The molecule has 0 atom stereocenters. The summed E-state index contributed by atoms with van der Waals surface area (Å²) in [5.41, 5.74) is 2.38. The standard InChI is InChI=1S/C22H28FN5O3/c1-15-4-6-17(13-24-15)25-21(29)26-20-12-16(5-7-19(20)23)14-28-10-8-18(9-11-28)27(2)22(30)31-3/h4-7,12-13,18H,8-11,14H2,1-3H3,(H2,25,26,29). The van der Waals surface area contributed by atoms with Gasteiger partial charge in [0.05, 0.1) is 24.7 Å². The SMILES string of the molecule is COC(=O)N(C)C1CCN(Cc2ccc(F)c(NC(=O)Nc3ccc(C)nc3)c2)CC1. The van der Waals surface area contributed by atoms with Gasteiger partial charge < -0.3 is 20.3 Å². The lowest BCUT2D eigenvalue weighted by atomic mass is 10.0. The first-order chi connectivity index (χ1) is 14.9. The van der Waals surface area contributed by atoms with Crippen LogP contribution in [0.2, 0.25) is 0 Å². The van der Waals surface area contributed by atoms with Crippen LogP contribution in [0.25, 0.3) is 0 Å². The van der Waals surface area contributed by atoms with Crippen molar-refractivity contribution in [3.63, 3.8) is 0 Å². The summed E-state index contributed by atoms with van der Waals surface area (Å²) in [6.07, 6.45) is 2.89. The van der Waals surface area contributed by atoms with E-state index in [0.29, 0.717) is 12.2 Å². The number of aryl methyl sites for hydroxylation is 1. The van der Waals surface area contributed by atoms with Crippen LogP contribution in [0.4, 0.5) is 25.4 Å². The number of benzene rings is 1. The summed E-state index contributed by atoms with van der Waals surface area (Å²) in [4.78, 5) is 31.9. The summed E-state index contributed by atoms with van der Waals surface area (Å²) < 4.78 is 19.0. The molecule has 0 aliphatic carbocycles. The van der Waals surface area contributed by atoms with Gasteiger partial charge in [0.2, 0.25) is 0 Å². The number of amides is 3. The van der Waals surface area contributed by atoms with Gasteiger partial charge in [0.1, 0.15) is 5.82 Å². The predicted octanol–water partition coefficient (Wildman–Crippen LogP) is 3.84. The van der Waals surface area contributed by atoms with Crippen LogP contribution in [0.3, 0.4) is 0 Å². The molecular weight excluding hydrogens is 401 g/mol. The maximum Gasteiger partial charge on any atom is 0.409 e. The molecule has 1 fully saturated rings. The number of nitrogens with zero attached hydrogens (tertiary/aromatic N) is 3. The molecule has 0 unspecified atom stereocenters. The predicted molar refractivity (Wildman–Crippen MR) is 116 cm³/mol. The van der Waals surface area contributed by atoms with E-state index in [-0.39, 0.29) is 17.8 Å². The van der Waals surface area contributed by atoms with E-state index in [1.54, 1.807) is 42.4 Å². The highest BCUT2D eigenvalue weighted by atomic mass is 19.1. The average Bonchev–Trinajstić information content (AvgIpc) is 2.77. The van der Waals surface area contributed by atoms with Gasteiger partial charge in [0.15, 0.2) is 0 Å². The summed E-state index contributed by atoms with van der Waals surface area (Å²) in [6.45, 7) is 4.11. The van der Waals surface area contributed by atoms with Gasteiger partial charge in [-0.1, -0.05) is 6.07 Å². The minimum atomic E-state index is -0.534. The monoisotopic (exact) mass is 429 g/mol. The Morgan fingerprint density at radius 1 is 1.23 bits per heavy atom. The summed E-state index contributed by atoms with van der Waals surface area (Å²) in [6, 6.07) is 7.85. The number of hydrogen-bond donors (Lipinski definition) is 2. The smallest absolute Gasteiger partial charge is 0.409 e. The second kappa shape index (κ2) is 10.2. The molecule has 2 N–H and O–H groups in total. The summed E-state index contributed by atoms with van der Waals surface area (Å²) in [5, 5.41) is 5.21. The molecule has 31 heavy (non-hydrogen) atoms. The molecular formula is C22H28FN5O3. The zero-order valence-electron chi connectivity index (χ0n) is 18.0. The van der Waals surface area contributed by atoms with E-state index in [1.165, 1.54) is 13.2 Å². The van der Waals surface area contributed by atoms with Crippen molar-refractivity contribution in [1.82, 2.24) is 14.8 Å². The van der Waals surface area contributed by atoms with E-state index in [2.05, 4.69) is 20.5 Å². The Bertz CT molecular complexity index is 914. The third-order valence-electron chi connectivity index (χ3n) is 5.42. The number of methoxy groups -OCH3 is 1. The third kappa shape index (κ3) is 6.14. The molecule has 0 spiro atoms. The van der Waals surface area contributed by atoms with Crippen LogP contribution in [0.1, 0.15) is 24.1 Å². The van der Waals surface area contributed by atoms with Crippen LogP contribution in [-0.2, 0) is 11.3 Å². The number of nitrogens with one attached hydrogen (secondary N) is 2. The van der Waals surface area contributed by atoms with Crippen LogP contribution >= 0.6 is 0 Å². The minimum absolute atomic E-state index is 0.121. The number of carbonyl (C=O) groups excluding carboxylic acids is 2. The first-order valence-electron chi connectivity index (χ1n) is 10.2. The van der Waals surface area contributed by atoms with Gasteiger partial charge in [-0.2, -0.15) is 0 Å². The van der Waals surface area contributed by atoms with Gasteiger partial charge in [-0.3, -0.25) is 9.88 Å². The van der Waals surface area contributed by atoms with Gasteiger partial charge in [0, 0.05) is 38.4 Å². The average molecular weight is 429 g/mol. The van der Waals surface area contributed by atoms with Crippen LogP contribution in [0, 0.1) is 12.7 Å². The lowest BCUT2D eigenvalue weighted by Gasteiger charge is -2.36. The number of urea groups is 1. The Balaban J connectivity index is 1.55. The molecule has 0 saturated carbocycles. The Kier molecular flexibility index (Phi) is 7.41. The molecule has 9 heteroatoms. The highest BCUT2D eigenvalue weighted by molar-refractivity contribution is 5.99. The largest absolute Gasteiger partial charge is 0.453 e. The summed E-state index contributed by atoms with van der Waals surface area (Å²) in [5.74, 6) is -0.501. The van der Waals surface area contributed by atoms with Crippen molar-refractivity contribution in [2.75, 3.05) is 37.9 Å². The lowest BCUT2D eigenvalue weighted by molar-refractivity contribution is 0.0896. The molecule has 8 nitrogen and oxygen atoms in total. The Hall–Kier alpha value is -3.20. The van der Waals surface area contributed by atoms with Crippen LogP contribution in [-0.4, -0.2) is 60.2 Å². The van der Waals surface area contributed by atoms with Crippen molar-refractivity contribution in [2.24, 2.45) is 0 Å².